The summed E-state index contributed by atoms with van der Waals surface area (Å²) in [6.07, 6.45) is -4.17. The summed E-state index contributed by atoms with van der Waals surface area (Å²) >= 11 is 1.40. The van der Waals surface area contributed by atoms with Crippen LogP contribution in [0, 0.1) is 5.82 Å². The van der Waals surface area contributed by atoms with Gasteiger partial charge in [-0.3, -0.25) is 9.59 Å². The first-order valence-corrected chi connectivity index (χ1v) is 12.0. The number of thioether (sulfide) groups is 1. The van der Waals surface area contributed by atoms with Gasteiger partial charge in [-0.2, -0.15) is 0 Å². The molecule has 5 nitrogen and oxygen atoms in total. The molecule has 1 aliphatic heterocycles. The lowest BCUT2D eigenvalue weighted by Crippen LogP contribution is -2.44. The summed E-state index contributed by atoms with van der Waals surface area (Å²) in [4.78, 5) is 28.2. The van der Waals surface area contributed by atoms with Gasteiger partial charge in [-0.1, -0.05) is 30.3 Å². The van der Waals surface area contributed by atoms with E-state index in [9.17, 15) is 27.2 Å². The van der Waals surface area contributed by atoms with Gasteiger partial charge in [0, 0.05) is 22.6 Å². The Hall–Kier alpha value is -3.08. The molecule has 0 aliphatic carbocycles. The van der Waals surface area contributed by atoms with Crippen LogP contribution in [0.4, 0.5) is 23.2 Å². The number of ketones is 1. The summed E-state index contributed by atoms with van der Waals surface area (Å²) in [5.74, 6) is -0.859. The number of carbonyl (C=O) groups is 2. The number of fused-ring (bicyclic) bond motifs is 1. The molecule has 0 fully saturated rings. The number of benzene rings is 3. The number of halogens is 5. The monoisotopic (exact) mass is 554 g/mol. The van der Waals surface area contributed by atoms with Crippen molar-refractivity contribution in [1.29, 1.82) is 0 Å². The molecule has 0 saturated heterocycles. The van der Waals surface area contributed by atoms with Gasteiger partial charge >= 0.3 is 6.36 Å². The van der Waals surface area contributed by atoms with Crippen molar-refractivity contribution >= 4 is 41.5 Å². The van der Waals surface area contributed by atoms with Gasteiger partial charge in [0.1, 0.15) is 11.6 Å². The maximum atomic E-state index is 13.1. The number of ether oxygens (including phenoxy) is 1. The van der Waals surface area contributed by atoms with Gasteiger partial charge in [0.25, 0.3) is 0 Å². The third kappa shape index (κ3) is 7.47. The average molecular weight is 555 g/mol. The van der Waals surface area contributed by atoms with E-state index in [0.717, 1.165) is 10.5 Å². The first-order valence-electron chi connectivity index (χ1n) is 11.1. The van der Waals surface area contributed by atoms with E-state index in [-0.39, 0.29) is 48.6 Å². The molecule has 0 spiro atoms. The smallest absolute Gasteiger partial charge is 0.406 e. The molecule has 196 valence electrons. The minimum atomic E-state index is -4.80. The standard InChI is InChI=1S/C26H22F4N2O3S.ClH/c27-19-7-1-16(2-8-19)5-11-23(33)18-6-12-24-22(13-18)32(25(34)21(31)15-36-24)14-17-3-9-20(10-4-17)35-26(28,29)30;/h1-4,6-10,12-13,21H,5,11,14-15,31H2;1H/t21-;/m0./s1. The van der Waals surface area contributed by atoms with Crippen LogP contribution >= 0.6 is 24.2 Å². The fourth-order valence-corrected chi connectivity index (χ4v) is 4.77. The Balaban J connectivity index is 0.00000380. The van der Waals surface area contributed by atoms with E-state index in [4.69, 9.17) is 5.73 Å². The Morgan fingerprint density at radius 1 is 1.03 bits per heavy atom. The molecule has 0 bridgehead atoms. The SMILES string of the molecule is Cl.N[C@H]1CSc2ccc(C(=O)CCc3ccc(F)cc3)cc2N(Cc2ccc(OC(F)(F)F)cc2)C1=O. The van der Waals surface area contributed by atoms with E-state index in [1.807, 2.05) is 0 Å². The van der Waals surface area contributed by atoms with E-state index < -0.39 is 12.4 Å². The number of carbonyl (C=O) groups excluding carboxylic acids is 2. The van der Waals surface area contributed by atoms with Crippen molar-refractivity contribution in [2.45, 2.75) is 36.7 Å². The van der Waals surface area contributed by atoms with E-state index >= 15 is 0 Å². The number of nitrogens with zero attached hydrogens (tertiary/aromatic N) is 1. The Kier molecular flexibility index (Phi) is 9.22. The largest absolute Gasteiger partial charge is 0.573 e. The number of hydrogen-bond acceptors (Lipinski definition) is 5. The van der Waals surface area contributed by atoms with Crippen LogP contribution in [-0.4, -0.2) is 29.8 Å². The molecule has 37 heavy (non-hydrogen) atoms. The zero-order valence-electron chi connectivity index (χ0n) is 19.3. The molecule has 11 heteroatoms. The molecule has 0 radical (unpaired) electrons. The number of nitrogens with two attached hydrogens (primary N) is 1. The van der Waals surface area contributed by atoms with Crippen LogP contribution in [0.3, 0.4) is 0 Å². The van der Waals surface area contributed by atoms with E-state index in [1.165, 1.54) is 53.1 Å². The van der Waals surface area contributed by atoms with Crippen LogP contribution in [0.25, 0.3) is 0 Å². The lowest BCUT2D eigenvalue weighted by atomic mass is 10.0. The van der Waals surface area contributed by atoms with Crippen molar-refractivity contribution in [2.24, 2.45) is 5.73 Å². The normalized spacial score (nSPS) is 15.4. The maximum absolute atomic E-state index is 13.1. The topological polar surface area (TPSA) is 72.6 Å². The number of aryl methyl sites for hydroxylation is 1. The number of anilines is 1. The quantitative estimate of drug-likeness (QED) is 0.290. The summed E-state index contributed by atoms with van der Waals surface area (Å²) in [5.41, 5.74) is 8.39. The summed E-state index contributed by atoms with van der Waals surface area (Å²) in [6, 6.07) is 15.5. The van der Waals surface area contributed by atoms with Crippen molar-refractivity contribution in [2.75, 3.05) is 10.7 Å². The van der Waals surface area contributed by atoms with Gasteiger partial charge in [0.15, 0.2) is 5.78 Å². The fourth-order valence-electron chi connectivity index (χ4n) is 3.79. The highest BCUT2D eigenvalue weighted by Crippen LogP contribution is 2.36. The third-order valence-corrected chi connectivity index (χ3v) is 6.81. The lowest BCUT2D eigenvalue weighted by Gasteiger charge is -2.25. The molecule has 0 saturated carbocycles. The first-order chi connectivity index (χ1) is 17.1. The molecule has 1 atom stereocenters. The van der Waals surface area contributed by atoms with Crippen LogP contribution in [0.1, 0.15) is 27.9 Å². The van der Waals surface area contributed by atoms with Crippen LogP contribution in [-0.2, 0) is 17.8 Å². The Morgan fingerprint density at radius 3 is 2.32 bits per heavy atom. The fraction of sp³-hybridized carbons (Fsp3) is 0.231. The molecule has 0 aromatic heterocycles. The Bertz CT molecular complexity index is 1250. The van der Waals surface area contributed by atoms with Crippen LogP contribution in [0.15, 0.2) is 71.6 Å². The highest BCUT2D eigenvalue weighted by Gasteiger charge is 2.32. The first kappa shape index (κ1) is 28.5. The predicted molar refractivity (Wildman–Crippen MR) is 136 cm³/mol. The van der Waals surface area contributed by atoms with Gasteiger partial charge in [0.2, 0.25) is 5.91 Å². The van der Waals surface area contributed by atoms with Gasteiger partial charge in [0.05, 0.1) is 18.3 Å². The second-order valence-electron chi connectivity index (χ2n) is 8.27. The zero-order chi connectivity index (χ0) is 25.9. The minimum absolute atomic E-state index is 0. The Labute approximate surface area is 221 Å². The van der Waals surface area contributed by atoms with Crippen molar-refractivity contribution < 1.29 is 31.9 Å². The summed E-state index contributed by atoms with van der Waals surface area (Å²) in [7, 11) is 0. The molecule has 1 aliphatic rings. The highest BCUT2D eigenvalue weighted by atomic mass is 35.5. The van der Waals surface area contributed by atoms with Crippen molar-refractivity contribution in [1.82, 2.24) is 0 Å². The molecule has 0 unspecified atom stereocenters. The van der Waals surface area contributed by atoms with E-state index in [0.29, 0.717) is 29.0 Å². The molecule has 1 heterocycles. The van der Waals surface area contributed by atoms with Crippen molar-refractivity contribution in [3.8, 4) is 5.75 Å². The molecule has 3 aromatic carbocycles. The van der Waals surface area contributed by atoms with Gasteiger partial charge in [-0.15, -0.1) is 37.3 Å². The number of Topliss-reactive ketones (excluding diaryl/α,β-unsaturated/α-hetero) is 1. The summed E-state index contributed by atoms with van der Waals surface area (Å²) < 4.78 is 54.4. The lowest BCUT2D eigenvalue weighted by molar-refractivity contribution is -0.274. The highest BCUT2D eigenvalue weighted by molar-refractivity contribution is 7.99. The van der Waals surface area contributed by atoms with Crippen molar-refractivity contribution in [3.63, 3.8) is 0 Å². The number of amides is 1. The second kappa shape index (κ2) is 12.0. The average Bonchev–Trinajstić information content (AvgIpc) is 2.95. The minimum Gasteiger partial charge on any atom is -0.406 e. The van der Waals surface area contributed by atoms with Crippen LogP contribution < -0.4 is 15.4 Å². The van der Waals surface area contributed by atoms with Crippen LogP contribution in [0.2, 0.25) is 0 Å². The van der Waals surface area contributed by atoms with Gasteiger partial charge in [-0.05, 0) is 53.9 Å². The predicted octanol–water partition coefficient (Wildman–Crippen LogP) is 5.93. The molecular formula is C26H23ClF4N2O3S. The molecule has 2 N–H and O–H groups in total. The number of rotatable bonds is 7. The van der Waals surface area contributed by atoms with Crippen LogP contribution in [0.5, 0.6) is 5.75 Å². The number of alkyl halides is 3. The number of hydrogen-bond donors (Lipinski definition) is 1. The van der Waals surface area contributed by atoms with Crippen molar-refractivity contribution in [3.05, 3.63) is 89.2 Å². The van der Waals surface area contributed by atoms with Gasteiger partial charge in [-0.25, -0.2) is 4.39 Å². The second-order valence-corrected chi connectivity index (χ2v) is 9.33. The summed E-state index contributed by atoms with van der Waals surface area (Å²) in [5, 5.41) is 0. The zero-order valence-corrected chi connectivity index (χ0v) is 21.0. The van der Waals surface area contributed by atoms with Gasteiger partial charge < -0.3 is 15.4 Å². The molecule has 4 rings (SSSR count). The Morgan fingerprint density at radius 2 is 1.68 bits per heavy atom. The van der Waals surface area contributed by atoms with E-state index in [1.54, 1.807) is 30.3 Å². The molecule has 3 aromatic rings. The maximum Gasteiger partial charge on any atom is 0.573 e. The van der Waals surface area contributed by atoms with E-state index in [2.05, 4.69) is 4.74 Å². The third-order valence-electron chi connectivity index (χ3n) is 5.62. The summed E-state index contributed by atoms with van der Waals surface area (Å²) in [6.45, 7) is 0.0552. The molecule has 1 amide bonds. The molecular weight excluding hydrogens is 532 g/mol.